The number of carboxylic acid groups (broad SMARTS) is 1. The summed E-state index contributed by atoms with van der Waals surface area (Å²) in [5, 5.41) is 32.8. The molecule has 336 valence electrons. The van der Waals surface area contributed by atoms with Gasteiger partial charge in [0, 0.05) is 93.1 Å². The first-order chi connectivity index (χ1) is 30.8. The number of carbonyl (C=O) groups excluding carboxylic acids is 1. The van der Waals surface area contributed by atoms with Gasteiger partial charge in [-0.15, -0.1) is 0 Å². The molecule has 0 fully saturated rings. The van der Waals surface area contributed by atoms with Crippen molar-refractivity contribution in [3.05, 3.63) is 163 Å². The Bertz CT molecular complexity index is 2650. The highest BCUT2D eigenvalue weighted by Gasteiger charge is 2.31. The van der Waals surface area contributed by atoms with Gasteiger partial charge in [-0.1, -0.05) is 24.3 Å². The molecule has 4 N–H and O–H groups in total. The monoisotopic (exact) mass is 886 g/mol. The van der Waals surface area contributed by atoms with Gasteiger partial charge >= 0.3 is 17.6 Å². The van der Waals surface area contributed by atoms with Crippen molar-refractivity contribution in [1.82, 2.24) is 25.3 Å². The van der Waals surface area contributed by atoms with Crippen LogP contribution in [0.25, 0.3) is 22.3 Å². The number of aryl methyl sites for hydroxylation is 2. The van der Waals surface area contributed by atoms with Crippen LogP contribution >= 0.6 is 0 Å². The highest BCUT2D eigenvalue weighted by atomic mass is 16.7. The molecule has 19 heteroatoms. The van der Waals surface area contributed by atoms with E-state index in [2.05, 4.69) is 25.3 Å². The Labute approximate surface area is 372 Å². The van der Waals surface area contributed by atoms with Gasteiger partial charge in [-0.3, -0.25) is 14.8 Å². The number of pyridine rings is 4. The molecule has 4 aromatic heterocycles. The maximum absolute atomic E-state index is 12.6. The predicted molar refractivity (Wildman–Crippen MR) is 236 cm³/mol. The van der Waals surface area contributed by atoms with Gasteiger partial charge in [0.05, 0.1) is 30.2 Å². The van der Waals surface area contributed by atoms with E-state index in [9.17, 15) is 29.8 Å². The minimum atomic E-state index is -0.997. The number of fused-ring (bicyclic) bond motifs is 2. The molecule has 0 radical (unpaired) electrons. The maximum atomic E-state index is 12.6. The minimum Gasteiger partial charge on any atom is -0.478 e. The number of nitro groups is 2. The zero-order valence-corrected chi connectivity index (χ0v) is 36.4. The van der Waals surface area contributed by atoms with Gasteiger partial charge in [-0.05, 0) is 92.3 Å². The summed E-state index contributed by atoms with van der Waals surface area (Å²) in [5.74, 6) is -1.43. The summed E-state index contributed by atoms with van der Waals surface area (Å²) in [6.07, 6.45) is 6.34. The number of ether oxygens (including phenoxy) is 4. The summed E-state index contributed by atoms with van der Waals surface area (Å²) in [7, 11) is 0. The number of rotatable bonds is 9. The number of carbonyl (C=O) groups is 2. The molecule has 2 aliphatic rings. The lowest BCUT2D eigenvalue weighted by molar-refractivity contribution is -0.389. The van der Waals surface area contributed by atoms with Crippen LogP contribution in [0, 0.1) is 34.1 Å². The second-order valence-electron chi connectivity index (χ2n) is 15.6. The zero-order valence-electron chi connectivity index (χ0n) is 36.4. The van der Waals surface area contributed by atoms with Crippen LogP contribution in [0.3, 0.4) is 0 Å². The van der Waals surface area contributed by atoms with E-state index in [-0.39, 0.29) is 29.7 Å². The average molecular weight is 887 g/mol. The predicted octanol–water partition coefficient (Wildman–Crippen LogP) is 7.78. The lowest BCUT2D eigenvalue weighted by Crippen LogP contribution is -2.36. The standard InChI is InChI=1S/C23H22N4O5.C12H8N2O4.C11H16N2O2/c1-14-21-19(13-31-23(2,3)32-21)18(11-24-14)12-26-22(28)16-6-4-15(5-7-16)17-8-9-20(25-10-17)27(29)30;15-12(16)9-3-1-8(2-4-9)10-5-6-11(13-7-10)14(17)18;1-7-10-9(8(4-12)5-13-7)6-14-11(2,3)15-10/h4-11H,12-13H2,1-3H3,(H,26,28);1-7H,(H,15,16);5H,4,6,12H2,1-3H3. The number of nitrogens with one attached hydrogen (secondary N) is 1. The van der Waals surface area contributed by atoms with E-state index in [0.29, 0.717) is 36.6 Å². The van der Waals surface area contributed by atoms with Crippen LogP contribution in [0.2, 0.25) is 0 Å². The molecular weight excluding hydrogens is 841 g/mol. The van der Waals surface area contributed by atoms with Crippen molar-refractivity contribution >= 4 is 23.5 Å². The summed E-state index contributed by atoms with van der Waals surface area (Å²) in [6.45, 7) is 13.0. The Morgan fingerprint density at radius 1 is 0.646 bits per heavy atom. The Kier molecular flexibility index (Phi) is 14.2. The maximum Gasteiger partial charge on any atom is 0.363 e. The van der Waals surface area contributed by atoms with Gasteiger partial charge in [0.15, 0.2) is 0 Å². The van der Waals surface area contributed by atoms with Crippen LogP contribution in [0.4, 0.5) is 11.6 Å². The Morgan fingerprint density at radius 2 is 1.06 bits per heavy atom. The van der Waals surface area contributed by atoms with Crippen molar-refractivity contribution in [1.29, 1.82) is 0 Å². The van der Waals surface area contributed by atoms with E-state index in [1.807, 2.05) is 41.5 Å². The third kappa shape index (κ3) is 11.6. The van der Waals surface area contributed by atoms with Crippen LogP contribution in [-0.4, -0.2) is 58.3 Å². The lowest BCUT2D eigenvalue weighted by Gasteiger charge is -2.34. The number of aromatic carboxylic acids is 1. The number of nitrogens with two attached hydrogens (primary N) is 1. The van der Waals surface area contributed by atoms with E-state index in [1.54, 1.807) is 60.9 Å². The molecule has 1 amide bonds. The largest absolute Gasteiger partial charge is 0.478 e. The second kappa shape index (κ2) is 19.8. The van der Waals surface area contributed by atoms with Crippen LogP contribution < -0.4 is 20.5 Å². The smallest absolute Gasteiger partial charge is 0.363 e. The highest BCUT2D eigenvalue weighted by Crippen LogP contribution is 2.36. The number of carboxylic acids is 1. The molecule has 19 nitrogen and oxygen atoms in total. The number of aromatic nitrogens is 4. The van der Waals surface area contributed by atoms with Crippen molar-refractivity contribution in [2.24, 2.45) is 5.73 Å². The van der Waals surface area contributed by atoms with Gasteiger partial charge in [-0.2, -0.15) is 0 Å². The number of nitrogens with zero attached hydrogens (tertiary/aromatic N) is 6. The second-order valence-corrected chi connectivity index (χ2v) is 15.6. The van der Waals surface area contributed by atoms with Crippen molar-refractivity contribution in [2.45, 2.75) is 79.4 Å². The minimum absolute atomic E-state index is 0.189. The van der Waals surface area contributed by atoms with Crippen molar-refractivity contribution in [3.63, 3.8) is 0 Å². The Hall–Kier alpha value is -7.74. The Morgan fingerprint density at radius 3 is 1.46 bits per heavy atom. The molecule has 6 aromatic rings. The molecule has 2 aliphatic heterocycles. The fourth-order valence-corrected chi connectivity index (χ4v) is 6.54. The van der Waals surface area contributed by atoms with Gasteiger partial charge in [0.1, 0.15) is 23.9 Å². The SMILES string of the molecule is Cc1ncc(CN)c2c1OC(C)(C)OC2.Cc1ncc(CNC(=O)c2ccc(-c3ccc([N+](=O)[O-])nc3)cc2)c2c1OC(C)(C)OC2.O=C(O)c1ccc(-c2ccc([N+](=O)[O-])nc2)cc1. The van der Waals surface area contributed by atoms with E-state index >= 15 is 0 Å². The summed E-state index contributed by atoms with van der Waals surface area (Å²) >= 11 is 0. The van der Waals surface area contributed by atoms with Gasteiger partial charge in [0.2, 0.25) is 11.6 Å². The normalized spacial score (nSPS) is 14.0. The third-order valence-electron chi connectivity index (χ3n) is 10.1. The molecule has 65 heavy (non-hydrogen) atoms. The molecular formula is C46H46N8O11. The summed E-state index contributed by atoms with van der Waals surface area (Å²) in [6, 6.07) is 19.0. The molecule has 6 heterocycles. The molecule has 0 aliphatic carbocycles. The van der Waals surface area contributed by atoms with Crippen LogP contribution in [-0.2, 0) is 35.8 Å². The quantitative estimate of drug-likeness (QED) is 0.0923. The third-order valence-corrected chi connectivity index (χ3v) is 10.1. The number of amides is 1. The van der Waals surface area contributed by atoms with Gasteiger partial charge in [-0.25, -0.2) is 4.79 Å². The van der Waals surface area contributed by atoms with Crippen molar-refractivity contribution in [3.8, 4) is 33.8 Å². The first kappa shape index (κ1) is 46.8. The summed E-state index contributed by atoms with van der Waals surface area (Å²) < 4.78 is 23.0. The van der Waals surface area contributed by atoms with Gasteiger partial charge in [0.25, 0.3) is 5.91 Å². The van der Waals surface area contributed by atoms with E-state index in [0.717, 1.165) is 56.1 Å². The van der Waals surface area contributed by atoms with Crippen molar-refractivity contribution < 1.29 is 43.5 Å². The fraction of sp³-hybridized carbons (Fsp3) is 0.261. The molecule has 8 rings (SSSR count). The molecule has 2 aromatic carbocycles. The molecule has 0 saturated heterocycles. The fourth-order valence-electron chi connectivity index (χ4n) is 6.54. The van der Waals surface area contributed by atoms with Crippen LogP contribution in [0.15, 0.2) is 97.6 Å². The summed E-state index contributed by atoms with van der Waals surface area (Å²) in [5.41, 5.74) is 14.7. The van der Waals surface area contributed by atoms with Crippen LogP contribution in [0.5, 0.6) is 11.5 Å². The van der Waals surface area contributed by atoms with E-state index in [4.69, 9.17) is 29.8 Å². The lowest BCUT2D eigenvalue weighted by atomic mass is 10.0. The highest BCUT2D eigenvalue weighted by molar-refractivity contribution is 5.94. The molecule has 0 bridgehead atoms. The molecule has 0 saturated carbocycles. The summed E-state index contributed by atoms with van der Waals surface area (Å²) in [4.78, 5) is 59.6. The molecule has 0 unspecified atom stereocenters. The van der Waals surface area contributed by atoms with E-state index in [1.165, 1.54) is 36.7 Å². The molecule has 0 atom stereocenters. The molecule has 0 spiro atoms. The van der Waals surface area contributed by atoms with Gasteiger partial charge < -0.3 is 55.3 Å². The van der Waals surface area contributed by atoms with E-state index < -0.39 is 27.4 Å². The number of benzene rings is 2. The number of hydrogen-bond acceptors (Lipinski definition) is 15. The zero-order chi connectivity index (χ0) is 47.1. The first-order valence-electron chi connectivity index (χ1n) is 20.1. The van der Waals surface area contributed by atoms with Crippen LogP contribution in [0.1, 0.15) is 82.1 Å². The first-order valence-corrected chi connectivity index (χ1v) is 20.1. The average Bonchev–Trinajstić information content (AvgIpc) is 3.29. The van der Waals surface area contributed by atoms with Crippen molar-refractivity contribution in [2.75, 3.05) is 0 Å². The topological polar surface area (TPSA) is 267 Å². The number of hydrogen-bond donors (Lipinski definition) is 3. The Balaban J connectivity index is 0.000000178.